The molecule has 7 heteroatoms. The molecule has 2 heterocycles. The van der Waals surface area contributed by atoms with Gasteiger partial charge in [-0.2, -0.15) is 0 Å². The van der Waals surface area contributed by atoms with Crippen LogP contribution < -0.4 is 5.14 Å². The zero-order chi connectivity index (χ0) is 11.3. The van der Waals surface area contributed by atoms with Crippen LogP contribution in [0.1, 0.15) is 16.9 Å². The number of hydrogen-bond acceptors (Lipinski definition) is 5. The summed E-state index contributed by atoms with van der Waals surface area (Å²) in [6.45, 7) is 0. The molecule has 0 spiro atoms. The lowest BCUT2D eigenvalue weighted by Gasteiger charge is -2.00. The van der Waals surface area contributed by atoms with Crippen molar-refractivity contribution in [2.24, 2.45) is 5.14 Å². The molecule has 0 aliphatic heterocycles. The quantitative estimate of drug-likeness (QED) is 0.765. The molecule has 1 aliphatic carbocycles. The minimum Gasteiger partial charge on any atom is -0.225 e. The van der Waals surface area contributed by atoms with Crippen LogP contribution in [0.25, 0.3) is 10.2 Å². The SMILES string of the molecule is NS(=O)(=O)c1ncnc2sc3c(c12)CCC3. The molecule has 0 bridgehead atoms. The molecule has 0 saturated carbocycles. The van der Waals surface area contributed by atoms with E-state index in [1.807, 2.05) is 0 Å². The topological polar surface area (TPSA) is 85.9 Å². The van der Waals surface area contributed by atoms with Crippen molar-refractivity contribution in [2.75, 3.05) is 0 Å². The average Bonchev–Trinajstić information content (AvgIpc) is 2.73. The van der Waals surface area contributed by atoms with Crippen LogP contribution in [-0.2, 0) is 22.9 Å². The van der Waals surface area contributed by atoms with E-state index in [0.717, 1.165) is 29.7 Å². The van der Waals surface area contributed by atoms with E-state index in [0.29, 0.717) is 5.39 Å². The maximum Gasteiger partial charge on any atom is 0.256 e. The average molecular weight is 255 g/mol. The second-order valence-electron chi connectivity index (χ2n) is 3.76. The van der Waals surface area contributed by atoms with Crippen molar-refractivity contribution in [1.29, 1.82) is 0 Å². The molecular formula is C9H9N3O2S2. The zero-order valence-corrected chi connectivity index (χ0v) is 9.94. The number of aryl methyl sites for hydroxylation is 2. The standard InChI is InChI=1S/C9H9N3O2S2/c10-16(13,14)9-7-5-2-1-3-6(5)15-8(7)11-4-12-9/h4H,1-3H2,(H2,10,13,14). The predicted octanol–water partition coefficient (Wildman–Crippen LogP) is 0.827. The number of hydrogen-bond donors (Lipinski definition) is 1. The number of rotatable bonds is 1. The summed E-state index contributed by atoms with van der Waals surface area (Å²) in [6.07, 6.45) is 4.22. The van der Waals surface area contributed by atoms with Crippen molar-refractivity contribution in [3.63, 3.8) is 0 Å². The van der Waals surface area contributed by atoms with Gasteiger partial charge in [-0.1, -0.05) is 0 Å². The first-order chi connectivity index (χ1) is 7.57. The lowest BCUT2D eigenvalue weighted by atomic mass is 10.2. The van der Waals surface area contributed by atoms with Crippen molar-refractivity contribution in [3.05, 3.63) is 16.8 Å². The maximum atomic E-state index is 11.4. The van der Waals surface area contributed by atoms with Crippen molar-refractivity contribution >= 4 is 31.6 Å². The van der Waals surface area contributed by atoms with Crippen LogP contribution in [0.2, 0.25) is 0 Å². The van der Waals surface area contributed by atoms with E-state index in [4.69, 9.17) is 5.14 Å². The number of thiophene rings is 1. The molecule has 0 saturated heterocycles. The molecule has 2 aromatic heterocycles. The van der Waals surface area contributed by atoms with Crippen LogP contribution in [0.4, 0.5) is 0 Å². The summed E-state index contributed by atoms with van der Waals surface area (Å²) < 4.78 is 22.9. The molecule has 0 atom stereocenters. The van der Waals surface area contributed by atoms with Crippen molar-refractivity contribution in [1.82, 2.24) is 9.97 Å². The van der Waals surface area contributed by atoms with Crippen LogP contribution >= 0.6 is 11.3 Å². The number of aromatic nitrogens is 2. The van der Waals surface area contributed by atoms with E-state index >= 15 is 0 Å². The molecule has 1 aliphatic rings. The van der Waals surface area contributed by atoms with Gasteiger partial charge in [0.15, 0.2) is 5.03 Å². The van der Waals surface area contributed by atoms with Gasteiger partial charge in [0, 0.05) is 4.88 Å². The molecule has 3 rings (SSSR count). The first-order valence-corrected chi connectivity index (χ1v) is 7.21. The highest BCUT2D eigenvalue weighted by molar-refractivity contribution is 7.89. The summed E-state index contributed by atoms with van der Waals surface area (Å²) in [5.74, 6) is 0. The molecule has 0 amide bonds. The molecule has 0 unspecified atom stereocenters. The van der Waals surface area contributed by atoms with Crippen molar-refractivity contribution < 1.29 is 8.42 Å². The molecule has 0 fully saturated rings. The molecule has 2 aromatic rings. The van der Waals surface area contributed by atoms with E-state index in [1.165, 1.54) is 11.2 Å². The van der Waals surface area contributed by atoms with Gasteiger partial charge in [-0.3, -0.25) is 0 Å². The summed E-state index contributed by atoms with van der Waals surface area (Å²) in [7, 11) is -3.77. The minimum absolute atomic E-state index is 0.0306. The largest absolute Gasteiger partial charge is 0.256 e. The Labute approximate surface area is 96.4 Å². The van der Waals surface area contributed by atoms with Crippen LogP contribution in [0.3, 0.4) is 0 Å². The maximum absolute atomic E-state index is 11.4. The van der Waals surface area contributed by atoms with Crippen LogP contribution in [0.5, 0.6) is 0 Å². The highest BCUT2D eigenvalue weighted by Crippen LogP contribution is 2.38. The number of nitrogens with two attached hydrogens (primary N) is 1. The van der Waals surface area contributed by atoms with E-state index in [2.05, 4.69) is 9.97 Å². The normalized spacial score (nSPS) is 15.6. The fraction of sp³-hybridized carbons (Fsp3) is 0.333. The third-order valence-corrected chi connectivity index (χ3v) is 4.78. The van der Waals surface area contributed by atoms with E-state index < -0.39 is 10.0 Å². The summed E-state index contributed by atoms with van der Waals surface area (Å²) >= 11 is 1.55. The van der Waals surface area contributed by atoms with E-state index in [1.54, 1.807) is 11.3 Å². The Balaban J connectivity index is 2.46. The lowest BCUT2D eigenvalue weighted by Crippen LogP contribution is -2.14. The molecule has 84 valence electrons. The predicted molar refractivity (Wildman–Crippen MR) is 60.8 cm³/mol. The van der Waals surface area contributed by atoms with Gasteiger partial charge in [0.05, 0.1) is 5.39 Å². The van der Waals surface area contributed by atoms with Gasteiger partial charge in [-0.15, -0.1) is 11.3 Å². The summed E-state index contributed by atoms with van der Waals surface area (Å²) in [5, 5.41) is 5.77. The monoisotopic (exact) mass is 255 g/mol. The van der Waals surface area contributed by atoms with Gasteiger partial charge in [0.1, 0.15) is 11.2 Å². The summed E-state index contributed by atoms with van der Waals surface area (Å²) in [5.41, 5.74) is 1.07. The first-order valence-electron chi connectivity index (χ1n) is 4.85. The molecule has 5 nitrogen and oxygen atoms in total. The zero-order valence-electron chi connectivity index (χ0n) is 8.30. The molecule has 2 N–H and O–H groups in total. The molecule has 0 aromatic carbocycles. The Morgan fingerprint density at radius 1 is 1.31 bits per heavy atom. The number of nitrogens with zero attached hydrogens (tertiary/aromatic N) is 2. The third-order valence-electron chi connectivity index (χ3n) is 2.74. The Morgan fingerprint density at radius 3 is 2.88 bits per heavy atom. The Bertz CT molecular complexity index is 675. The smallest absolute Gasteiger partial charge is 0.225 e. The highest BCUT2D eigenvalue weighted by atomic mass is 32.2. The van der Waals surface area contributed by atoms with Crippen molar-refractivity contribution in [3.8, 4) is 0 Å². The third kappa shape index (κ3) is 1.35. The van der Waals surface area contributed by atoms with Gasteiger partial charge in [0.2, 0.25) is 0 Å². The second-order valence-corrected chi connectivity index (χ2v) is 6.32. The van der Waals surface area contributed by atoms with Gasteiger partial charge < -0.3 is 0 Å². The number of fused-ring (bicyclic) bond motifs is 3. The lowest BCUT2D eigenvalue weighted by molar-refractivity contribution is 0.595. The Hall–Kier alpha value is -1.05. The number of primary sulfonamides is 1. The van der Waals surface area contributed by atoms with Gasteiger partial charge >= 0.3 is 0 Å². The summed E-state index contributed by atoms with van der Waals surface area (Å²) in [4.78, 5) is 9.86. The van der Waals surface area contributed by atoms with Crippen LogP contribution in [0, 0.1) is 0 Å². The first kappa shape index (κ1) is 10.1. The van der Waals surface area contributed by atoms with Gasteiger partial charge in [-0.05, 0) is 24.8 Å². The number of sulfonamides is 1. The Kier molecular flexibility index (Phi) is 2.04. The molecular weight excluding hydrogens is 246 g/mol. The minimum atomic E-state index is -3.77. The Morgan fingerprint density at radius 2 is 2.12 bits per heavy atom. The van der Waals surface area contributed by atoms with Crippen molar-refractivity contribution in [2.45, 2.75) is 24.3 Å². The highest BCUT2D eigenvalue weighted by Gasteiger charge is 2.24. The van der Waals surface area contributed by atoms with E-state index in [-0.39, 0.29) is 5.03 Å². The molecule has 16 heavy (non-hydrogen) atoms. The second kappa shape index (κ2) is 3.22. The van der Waals surface area contributed by atoms with Gasteiger partial charge in [0.25, 0.3) is 10.0 Å². The fourth-order valence-corrected chi connectivity index (χ4v) is 4.11. The summed E-state index contributed by atoms with van der Waals surface area (Å²) in [6, 6.07) is 0. The molecule has 0 radical (unpaired) electrons. The fourth-order valence-electron chi connectivity index (χ4n) is 2.12. The van der Waals surface area contributed by atoms with Crippen LogP contribution in [0.15, 0.2) is 11.4 Å². The van der Waals surface area contributed by atoms with Crippen LogP contribution in [-0.4, -0.2) is 18.4 Å². The van der Waals surface area contributed by atoms with E-state index in [9.17, 15) is 8.42 Å². The van der Waals surface area contributed by atoms with Gasteiger partial charge in [-0.25, -0.2) is 23.5 Å².